The molecule has 4 aromatic rings. The molecule has 0 aliphatic rings. The summed E-state index contributed by atoms with van der Waals surface area (Å²) in [6.45, 7) is 4.86. The number of aromatic nitrogens is 3. The van der Waals surface area contributed by atoms with E-state index in [1.165, 1.54) is 9.13 Å². The standard InChI is InChI=1S/C25H24N4O3/c1-3-28-22-21(9-6-14-26-22)29(25(32)24(28)31)16-18-10-12-19(13-11-18)23(30)27-15-20-8-5-4-7-17(20)2/h4-14H,3,15-16H2,1-2H3,(H,27,30). The Kier molecular flexibility index (Phi) is 5.98. The highest BCUT2D eigenvalue weighted by molar-refractivity contribution is 5.94. The summed E-state index contributed by atoms with van der Waals surface area (Å²) < 4.78 is 2.82. The molecule has 0 saturated heterocycles. The van der Waals surface area contributed by atoms with Gasteiger partial charge in [-0.25, -0.2) is 4.98 Å². The third-order valence-corrected chi connectivity index (χ3v) is 5.56. The van der Waals surface area contributed by atoms with Gasteiger partial charge in [-0.15, -0.1) is 0 Å². The second kappa shape index (κ2) is 9.01. The number of carbonyl (C=O) groups excluding carboxylic acids is 1. The van der Waals surface area contributed by atoms with Crippen LogP contribution in [0.3, 0.4) is 0 Å². The highest BCUT2D eigenvalue weighted by Gasteiger charge is 2.13. The van der Waals surface area contributed by atoms with E-state index in [0.29, 0.717) is 29.8 Å². The minimum Gasteiger partial charge on any atom is -0.348 e. The Morgan fingerprint density at radius 2 is 1.66 bits per heavy atom. The highest BCUT2D eigenvalue weighted by Crippen LogP contribution is 2.12. The number of carbonyl (C=O) groups is 1. The van der Waals surface area contributed by atoms with Crippen molar-refractivity contribution in [1.29, 1.82) is 0 Å². The van der Waals surface area contributed by atoms with Crippen LogP contribution in [0.2, 0.25) is 0 Å². The molecule has 0 bridgehead atoms. The van der Waals surface area contributed by atoms with E-state index >= 15 is 0 Å². The first kappa shape index (κ1) is 21.2. The molecular weight excluding hydrogens is 404 g/mol. The van der Waals surface area contributed by atoms with E-state index in [-0.39, 0.29) is 12.5 Å². The fourth-order valence-corrected chi connectivity index (χ4v) is 3.72. The van der Waals surface area contributed by atoms with Crippen molar-refractivity contribution in [2.24, 2.45) is 0 Å². The summed E-state index contributed by atoms with van der Waals surface area (Å²) in [6, 6.07) is 18.5. The van der Waals surface area contributed by atoms with Crippen molar-refractivity contribution in [3.8, 4) is 0 Å². The van der Waals surface area contributed by atoms with Gasteiger partial charge in [0.05, 0.1) is 12.1 Å². The molecule has 2 aromatic carbocycles. The minimum absolute atomic E-state index is 0.169. The first-order chi connectivity index (χ1) is 15.5. The normalized spacial score (nSPS) is 10.9. The number of benzene rings is 2. The number of aryl methyl sites for hydroxylation is 2. The Labute approximate surface area is 185 Å². The van der Waals surface area contributed by atoms with E-state index < -0.39 is 11.1 Å². The van der Waals surface area contributed by atoms with Gasteiger partial charge in [-0.2, -0.15) is 0 Å². The Morgan fingerprint density at radius 1 is 0.938 bits per heavy atom. The fourth-order valence-electron chi connectivity index (χ4n) is 3.72. The van der Waals surface area contributed by atoms with E-state index in [9.17, 15) is 14.4 Å². The highest BCUT2D eigenvalue weighted by atomic mass is 16.2. The number of nitrogens with one attached hydrogen (secondary N) is 1. The van der Waals surface area contributed by atoms with Crippen LogP contribution in [-0.4, -0.2) is 20.0 Å². The SMILES string of the molecule is CCn1c(=O)c(=O)n(Cc2ccc(C(=O)NCc3ccccc3C)cc2)c2cccnc21. The largest absolute Gasteiger partial charge is 0.348 e. The molecule has 0 radical (unpaired) electrons. The first-order valence-corrected chi connectivity index (χ1v) is 10.5. The second-order valence-corrected chi connectivity index (χ2v) is 7.59. The number of fused-ring (bicyclic) bond motifs is 1. The van der Waals surface area contributed by atoms with Crippen molar-refractivity contribution in [3.05, 3.63) is 110 Å². The first-order valence-electron chi connectivity index (χ1n) is 10.5. The lowest BCUT2D eigenvalue weighted by Crippen LogP contribution is -2.41. The summed E-state index contributed by atoms with van der Waals surface area (Å²) in [5.41, 5.74) is 3.42. The van der Waals surface area contributed by atoms with Crippen LogP contribution in [0.25, 0.3) is 11.2 Å². The predicted molar refractivity (Wildman–Crippen MR) is 124 cm³/mol. The van der Waals surface area contributed by atoms with Gasteiger partial charge in [0.15, 0.2) is 5.65 Å². The van der Waals surface area contributed by atoms with E-state index in [0.717, 1.165) is 16.7 Å². The molecule has 7 heteroatoms. The van der Waals surface area contributed by atoms with Gasteiger partial charge in [-0.05, 0) is 54.8 Å². The second-order valence-electron chi connectivity index (χ2n) is 7.59. The Morgan fingerprint density at radius 3 is 2.38 bits per heavy atom. The molecular formula is C25H24N4O3. The molecule has 0 unspecified atom stereocenters. The third kappa shape index (κ3) is 4.09. The third-order valence-electron chi connectivity index (χ3n) is 5.56. The van der Waals surface area contributed by atoms with Crippen LogP contribution >= 0.6 is 0 Å². The van der Waals surface area contributed by atoms with Crippen molar-refractivity contribution < 1.29 is 4.79 Å². The number of amides is 1. The summed E-state index contributed by atoms with van der Waals surface area (Å²) in [4.78, 5) is 42.1. The molecule has 32 heavy (non-hydrogen) atoms. The van der Waals surface area contributed by atoms with Crippen molar-refractivity contribution in [2.75, 3.05) is 0 Å². The number of nitrogens with zero attached hydrogens (tertiary/aromatic N) is 3. The zero-order valence-electron chi connectivity index (χ0n) is 18.0. The molecule has 162 valence electrons. The quantitative estimate of drug-likeness (QED) is 0.479. The number of rotatable bonds is 6. The Hall–Kier alpha value is -4.00. The maximum atomic E-state index is 12.7. The van der Waals surface area contributed by atoms with Crippen LogP contribution in [0.4, 0.5) is 0 Å². The van der Waals surface area contributed by atoms with E-state index in [1.54, 1.807) is 42.6 Å². The maximum absolute atomic E-state index is 12.7. The smallest absolute Gasteiger partial charge is 0.318 e. The number of hydrogen-bond donors (Lipinski definition) is 1. The number of pyridine rings is 1. The molecule has 0 spiro atoms. The van der Waals surface area contributed by atoms with Crippen LogP contribution in [0.5, 0.6) is 0 Å². The van der Waals surface area contributed by atoms with Crippen LogP contribution < -0.4 is 16.4 Å². The van der Waals surface area contributed by atoms with Gasteiger partial charge in [0.1, 0.15) is 0 Å². The van der Waals surface area contributed by atoms with Gasteiger partial charge in [-0.3, -0.25) is 23.5 Å². The molecule has 4 rings (SSSR count). The average molecular weight is 428 g/mol. The minimum atomic E-state index is -0.592. The van der Waals surface area contributed by atoms with Crippen LogP contribution in [0, 0.1) is 6.92 Å². The molecule has 2 aromatic heterocycles. The monoisotopic (exact) mass is 428 g/mol. The van der Waals surface area contributed by atoms with Crippen molar-refractivity contribution in [3.63, 3.8) is 0 Å². The summed E-state index contributed by atoms with van der Waals surface area (Å²) >= 11 is 0. The summed E-state index contributed by atoms with van der Waals surface area (Å²) in [6.07, 6.45) is 1.60. The Bertz CT molecular complexity index is 1400. The van der Waals surface area contributed by atoms with Crippen molar-refractivity contribution >= 4 is 17.1 Å². The fraction of sp³-hybridized carbons (Fsp3) is 0.200. The molecule has 0 aliphatic carbocycles. The summed E-state index contributed by atoms with van der Waals surface area (Å²) in [7, 11) is 0. The Balaban J connectivity index is 1.56. The van der Waals surface area contributed by atoms with Gasteiger partial charge in [0.2, 0.25) is 0 Å². The lowest BCUT2D eigenvalue weighted by Gasteiger charge is -2.13. The van der Waals surface area contributed by atoms with Crippen LogP contribution in [0.1, 0.15) is 34.0 Å². The zero-order chi connectivity index (χ0) is 22.7. The average Bonchev–Trinajstić information content (AvgIpc) is 2.82. The van der Waals surface area contributed by atoms with E-state index in [1.807, 2.05) is 38.1 Å². The van der Waals surface area contributed by atoms with Gasteiger partial charge in [0.25, 0.3) is 5.91 Å². The molecule has 0 fully saturated rings. The predicted octanol–water partition coefficient (Wildman–Crippen LogP) is 2.86. The molecule has 0 aliphatic heterocycles. The van der Waals surface area contributed by atoms with E-state index in [4.69, 9.17) is 0 Å². The molecule has 0 saturated carbocycles. The van der Waals surface area contributed by atoms with Gasteiger partial charge in [-0.1, -0.05) is 36.4 Å². The van der Waals surface area contributed by atoms with Gasteiger partial charge < -0.3 is 5.32 Å². The zero-order valence-corrected chi connectivity index (χ0v) is 18.0. The summed E-state index contributed by atoms with van der Waals surface area (Å²) in [5, 5.41) is 2.93. The lowest BCUT2D eigenvalue weighted by molar-refractivity contribution is 0.0951. The van der Waals surface area contributed by atoms with Gasteiger partial charge in [0, 0.05) is 24.8 Å². The lowest BCUT2D eigenvalue weighted by atomic mass is 10.1. The molecule has 1 amide bonds. The topological polar surface area (TPSA) is 86.0 Å². The summed E-state index contributed by atoms with van der Waals surface area (Å²) in [5.74, 6) is -0.169. The van der Waals surface area contributed by atoms with E-state index in [2.05, 4.69) is 10.3 Å². The van der Waals surface area contributed by atoms with Crippen molar-refractivity contribution in [2.45, 2.75) is 33.5 Å². The number of hydrogen-bond acceptors (Lipinski definition) is 4. The molecule has 2 heterocycles. The molecule has 0 atom stereocenters. The maximum Gasteiger partial charge on any atom is 0.318 e. The molecule has 1 N–H and O–H groups in total. The van der Waals surface area contributed by atoms with Crippen LogP contribution in [0.15, 0.2) is 76.4 Å². The molecule has 7 nitrogen and oxygen atoms in total. The van der Waals surface area contributed by atoms with Crippen LogP contribution in [-0.2, 0) is 19.6 Å². The van der Waals surface area contributed by atoms with Gasteiger partial charge >= 0.3 is 11.1 Å². The van der Waals surface area contributed by atoms with Crippen molar-refractivity contribution in [1.82, 2.24) is 19.4 Å².